The molecule has 7 heteroatoms. The predicted octanol–water partition coefficient (Wildman–Crippen LogP) is 4.10. The van der Waals surface area contributed by atoms with Crippen LogP contribution >= 0.6 is 11.8 Å². The van der Waals surface area contributed by atoms with Crippen molar-refractivity contribution in [3.63, 3.8) is 0 Å². The Morgan fingerprint density at radius 2 is 1.78 bits per heavy atom. The first-order chi connectivity index (χ1) is 15.5. The first kappa shape index (κ1) is 20.7. The maximum Gasteiger partial charge on any atom is 0.278 e. The number of amides is 1. The molecule has 0 aliphatic carbocycles. The highest BCUT2D eigenvalue weighted by molar-refractivity contribution is 7.98. The molecule has 32 heavy (non-hydrogen) atoms. The fourth-order valence-corrected chi connectivity index (χ4v) is 5.63. The van der Waals surface area contributed by atoms with Crippen molar-refractivity contribution < 1.29 is 9.90 Å². The summed E-state index contributed by atoms with van der Waals surface area (Å²) in [7, 11) is 0. The van der Waals surface area contributed by atoms with E-state index in [0.717, 1.165) is 23.3 Å². The minimum Gasteiger partial charge on any atom is -0.502 e. The molecular weight excluding hydrogens is 422 g/mol. The lowest BCUT2D eigenvalue weighted by molar-refractivity contribution is 0.0601. The van der Waals surface area contributed by atoms with E-state index in [1.165, 1.54) is 16.5 Å². The van der Waals surface area contributed by atoms with Gasteiger partial charge in [-0.3, -0.25) is 19.3 Å². The number of rotatable bonds is 3. The van der Waals surface area contributed by atoms with Gasteiger partial charge in [0.1, 0.15) is 6.67 Å². The Hall–Kier alpha value is -3.19. The van der Waals surface area contributed by atoms with E-state index in [2.05, 4.69) is 29.3 Å². The first-order valence-electron chi connectivity index (χ1n) is 10.8. The average molecular weight is 448 g/mol. The standard InChI is InChI=1S/C25H25N3O3S/c1-3-16(2)26-15-28(27-13-12-20(29)24(30)23(27)25(26)31)22-18-9-5-4-8-17(18)14-32-21-11-7-6-10-19(21)22/h4-13,16,22,30H,3,14-15H2,1-2H3. The number of carbonyl (C=O) groups is 1. The number of hydrogen-bond acceptors (Lipinski definition) is 5. The quantitative estimate of drug-likeness (QED) is 0.655. The smallest absolute Gasteiger partial charge is 0.278 e. The number of aromatic nitrogens is 1. The molecule has 0 fully saturated rings. The number of nitrogens with zero attached hydrogens (tertiary/aromatic N) is 3. The molecule has 2 unspecified atom stereocenters. The van der Waals surface area contributed by atoms with Crippen molar-refractivity contribution in [2.24, 2.45) is 0 Å². The van der Waals surface area contributed by atoms with Gasteiger partial charge in [-0.25, -0.2) is 0 Å². The van der Waals surface area contributed by atoms with E-state index in [-0.39, 0.29) is 23.7 Å². The molecule has 1 aromatic heterocycles. The molecule has 2 atom stereocenters. The first-order valence-corrected chi connectivity index (χ1v) is 11.8. The Morgan fingerprint density at radius 3 is 2.56 bits per heavy atom. The van der Waals surface area contributed by atoms with Crippen molar-refractivity contribution in [2.45, 2.75) is 43.0 Å². The summed E-state index contributed by atoms with van der Waals surface area (Å²) in [6.45, 7) is 4.37. The van der Waals surface area contributed by atoms with E-state index in [0.29, 0.717) is 6.67 Å². The van der Waals surface area contributed by atoms with Crippen molar-refractivity contribution in [1.82, 2.24) is 9.58 Å². The summed E-state index contributed by atoms with van der Waals surface area (Å²) in [5.74, 6) is 0.0313. The van der Waals surface area contributed by atoms with Gasteiger partial charge in [0.15, 0.2) is 11.4 Å². The van der Waals surface area contributed by atoms with Gasteiger partial charge in [-0.2, -0.15) is 0 Å². The second-order valence-corrected chi connectivity index (χ2v) is 9.28. The van der Waals surface area contributed by atoms with Gasteiger partial charge < -0.3 is 10.0 Å². The summed E-state index contributed by atoms with van der Waals surface area (Å²) < 4.78 is 1.67. The zero-order valence-electron chi connectivity index (χ0n) is 18.1. The number of thioether (sulfide) groups is 1. The molecule has 1 amide bonds. The van der Waals surface area contributed by atoms with Crippen LogP contribution in [0.25, 0.3) is 0 Å². The SMILES string of the molecule is CCC(C)N1CN(C2c3ccccc3CSc3ccccc32)n2ccc(=O)c(O)c2C1=O. The van der Waals surface area contributed by atoms with Crippen molar-refractivity contribution in [2.75, 3.05) is 11.7 Å². The average Bonchev–Trinajstić information content (AvgIpc) is 2.98. The van der Waals surface area contributed by atoms with E-state index >= 15 is 0 Å². The van der Waals surface area contributed by atoms with E-state index in [1.807, 2.05) is 38.1 Å². The van der Waals surface area contributed by atoms with Crippen molar-refractivity contribution in [3.05, 3.63) is 93.4 Å². The van der Waals surface area contributed by atoms with E-state index in [4.69, 9.17) is 0 Å². The minimum absolute atomic E-state index is 0.0240. The van der Waals surface area contributed by atoms with Gasteiger partial charge in [0.05, 0.1) is 6.04 Å². The van der Waals surface area contributed by atoms with Gasteiger partial charge in [0.25, 0.3) is 5.91 Å². The van der Waals surface area contributed by atoms with Gasteiger partial charge in [0, 0.05) is 29.0 Å². The number of hydrogen-bond donors (Lipinski definition) is 1. The molecule has 0 saturated heterocycles. The predicted molar refractivity (Wildman–Crippen MR) is 126 cm³/mol. The fourth-order valence-electron chi connectivity index (χ4n) is 4.54. The van der Waals surface area contributed by atoms with Gasteiger partial charge in [-0.15, -0.1) is 11.8 Å². The van der Waals surface area contributed by atoms with Crippen LogP contribution in [-0.2, 0) is 5.75 Å². The molecule has 164 valence electrons. The summed E-state index contributed by atoms with van der Waals surface area (Å²) in [4.78, 5) is 28.5. The number of benzene rings is 2. The fraction of sp³-hybridized carbons (Fsp3) is 0.280. The second-order valence-electron chi connectivity index (χ2n) is 8.26. The zero-order chi connectivity index (χ0) is 22.4. The van der Waals surface area contributed by atoms with Crippen molar-refractivity contribution >= 4 is 17.7 Å². The molecule has 0 spiro atoms. The lowest BCUT2D eigenvalue weighted by Crippen LogP contribution is -2.57. The third-order valence-electron chi connectivity index (χ3n) is 6.46. The summed E-state index contributed by atoms with van der Waals surface area (Å²) in [5.41, 5.74) is 3.01. The summed E-state index contributed by atoms with van der Waals surface area (Å²) >= 11 is 1.80. The van der Waals surface area contributed by atoms with E-state index in [9.17, 15) is 14.7 Å². The zero-order valence-corrected chi connectivity index (χ0v) is 18.9. The summed E-state index contributed by atoms with van der Waals surface area (Å²) in [5, 5.41) is 12.7. The minimum atomic E-state index is -0.548. The molecule has 5 rings (SSSR count). The van der Waals surface area contributed by atoms with Crippen molar-refractivity contribution in [3.8, 4) is 5.75 Å². The largest absolute Gasteiger partial charge is 0.502 e. The topological polar surface area (TPSA) is 65.8 Å². The monoisotopic (exact) mass is 447 g/mol. The molecule has 2 aromatic carbocycles. The number of aromatic hydroxyl groups is 1. The highest BCUT2D eigenvalue weighted by Crippen LogP contribution is 2.42. The molecule has 0 saturated carbocycles. The molecule has 0 bridgehead atoms. The van der Waals surface area contributed by atoms with E-state index in [1.54, 1.807) is 27.5 Å². The maximum absolute atomic E-state index is 13.4. The van der Waals surface area contributed by atoms with Gasteiger partial charge >= 0.3 is 0 Å². The molecule has 2 aliphatic rings. The Morgan fingerprint density at radius 1 is 1.06 bits per heavy atom. The lowest BCUT2D eigenvalue weighted by Gasteiger charge is -2.45. The third-order valence-corrected chi connectivity index (χ3v) is 7.60. The lowest BCUT2D eigenvalue weighted by atomic mass is 9.94. The Kier molecular flexibility index (Phi) is 5.21. The normalized spacial score (nSPS) is 18.4. The highest BCUT2D eigenvalue weighted by Gasteiger charge is 2.39. The van der Waals surface area contributed by atoms with E-state index < -0.39 is 11.2 Å². The molecule has 0 radical (unpaired) electrons. The van der Waals surface area contributed by atoms with Gasteiger partial charge in [0.2, 0.25) is 5.43 Å². The highest BCUT2D eigenvalue weighted by atomic mass is 32.2. The van der Waals surface area contributed by atoms with Crippen LogP contribution < -0.4 is 10.4 Å². The summed E-state index contributed by atoms with van der Waals surface area (Å²) in [6, 6.07) is 17.8. The van der Waals surface area contributed by atoms with Gasteiger partial charge in [-0.05, 0) is 36.1 Å². The van der Waals surface area contributed by atoms with Crippen LogP contribution in [0.2, 0.25) is 0 Å². The van der Waals surface area contributed by atoms with Crippen LogP contribution in [0.3, 0.4) is 0 Å². The van der Waals surface area contributed by atoms with Crippen LogP contribution in [0.5, 0.6) is 5.75 Å². The van der Waals surface area contributed by atoms with Gasteiger partial charge in [-0.1, -0.05) is 49.4 Å². The van der Waals surface area contributed by atoms with Crippen LogP contribution in [0.1, 0.15) is 53.5 Å². The molecule has 2 aliphatic heterocycles. The number of fused-ring (bicyclic) bond motifs is 3. The van der Waals surface area contributed by atoms with Crippen LogP contribution in [0, 0.1) is 0 Å². The second kappa shape index (κ2) is 8.06. The summed E-state index contributed by atoms with van der Waals surface area (Å²) in [6.07, 6.45) is 2.37. The Balaban J connectivity index is 1.78. The number of carbonyl (C=O) groups excluding carboxylic acids is 1. The molecular formula is C25H25N3O3S. The number of pyridine rings is 1. The Bertz CT molecular complexity index is 1210. The third kappa shape index (κ3) is 3.19. The molecule has 6 nitrogen and oxygen atoms in total. The molecule has 3 heterocycles. The van der Waals surface area contributed by atoms with Crippen LogP contribution in [-0.4, -0.2) is 33.3 Å². The van der Waals surface area contributed by atoms with Crippen LogP contribution in [0.4, 0.5) is 0 Å². The maximum atomic E-state index is 13.4. The Labute approximate surface area is 191 Å². The van der Waals surface area contributed by atoms with Crippen molar-refractivity contribution in [1.29, 1.82) is 0 Å². The van der Waals surface area contributed by atoms with Crippen LogP contribution in [0.15, 0.2) is 70.5 Å². The molecule has 1 N–H and O–H groups in total. The molecule has 3 aromatic rings.